The van der Waals surface area contributed by atoms with Gasteiger partial charge in [-0.25, -0.2) is 4.90 Å². The van der Waals surface area contributed by atoms with Crippen molar-refractivity contribution in [3.05, 3.63) is 83.4 Å². The van der Waals surface area contributed by atoms with Crippen LogP contribution in [0, 0.1) is 0 Å². The van der Waals surface area contributed by atoms with E-state index >= 15 is 0 Å². The predicted molar refractivity (Wildman–Crippen MR) is 107 cm³/mol. The summed E-state index contributed by atoms with van der Waals surface area (Å²) in [5.74, 6) is -0.890. The van der Waals surface area contributed by atoms with Crippen molar-refractivity contribution < 1.29 is 24.2 Å². The lowest BCUT2D eigenvalue weighted by Gasteiger charge is -2.14. The van der Waals surface area contributed by atoms with Crippen molar-refractivity contribution in [2.24, 2.45) is 0 Å². The fraction of sp³-hybridized carbons (Fsp3) is 0.0455. The Morgan fingerprint density at radius 2 is 1.69 bits per heavy atom. The molecule has 29 heavy (non-hydrogen) atoms. The Morgan fingerprint density at radius 1 is 0.931 bits per heavy atom. The van der Waals surface area contributed by atoms with Gasteiger partial charge in [-0.1, -0.05) is 12.1 Å². The first kappa shape index (κ1) is 18.2. The lowest BCUT2D eigenvalue weighted by atomic mass is 10.1. The summed E-state index contributed by atoms with van der Waals surface area (Å²) in [6.07, 6.45) is 0. The van der Waals surface area contributed by atoms with Crippen LogP contribution in [0.25, 0.3) is 0 Å². The third-order valence-corrected chi connectivity index (χ3v) is 4.56. The van der Waals surface area contributed by atoms with Gasteiger partial charge in [-0.3, -0.25) is 14.4 Å². The maximum atomic E-state index is 12.9. The molecule has 0 fully saturated rings. The molecule has 0 aliphatic carbocycles. The first-order chi connectivity index (χ1) is 14.0. The lowest BCUT2D eigenvalue weighted by Crippen LogP contribution is -2.29. The zero-order valence-corrected chi connectivity index (χ0v) is 15.4. The van der Waals surface area contributed by atoms with Crippen LogP contribution in [0.4, 0.5) is 11.4 Å². The van der Waals surface area contributed by atoms with Crippen LogP contribution >= 0.6 is 0 Å². The summed E-state index contributed by atoms with van der Waals surface area (Å²) in [6.45, 7) is 0. The van der Waals surface area contributed by atoms with E-state index < -0.39 is 17.7 Å². The molecular formula is C22H16N2O5. The first-order valence-corrected chi connectivity index (χ1v) is 8.75. The molecule has 7 nitrogen and oxygen atoms in total. The van der Waals surface area contributed by atoms with Gasteiger partial charge in [0.25, 0.3) is 17.7 Å². The van der Waals surface area contributed by atoms with E-state index in [1.165, 1.54) is 37.4 Å². The molecular weight excluding hydrogens is 372 g/mol. The monoisotopic (exact) mass is 388 g/mol. The van der Waals surface area contributed by atoms with Gasteiger partial charge in [-0.2, -0.15) is 0 Å². The fourth-order valence-electron chi connectivity index (χ4n) is 3.15. The fourth-order valence-corrected chi connectivity index (χ4v) is 3.15. The van der Waals surface area contributed by atoms with Crippen LogP contribution < -0.4 is 15.0 Å². The molecule has 0 radical (unpaired) electrons. The number of rotatable bonds is 4. The second-order valence-corrected chi connectivity index (χ2v) is 6.41. The number of hydrogen-bond donors (Lipinski definition) is 2. The molecule has 3 aromatic rings. The summed E-state index contributed by atoms with van der Waals surface area (Å²) in [5.41, 5.74) is 1.41. The summed E-state index contributed by atoms with van der Waals surface area (Å²) in [6, 6.07) is 17.1. The average molecular weight is 388 g/mol. The summed E-state index contributed by atoms with van der Waals surface area (Å²) in [7, 11) is 1.50. The number of anilines is 2. The zero-order chi connectivity index (χ0) is 20.5. The molecule has 4 rings (SSSR count). The van der Waals surface area contributed by atoms with E-state index in [1.807, 2.05) is 0 Å². The van der Waals surface area contributed by atoms with Gasteiger partial charge in [0.2, 0.25) is 0 Å². The number of methoxy groups -OCH3 is 1. The van der Waals surface area contributed by atoms with E-state index in [0.29, 0.717) is 17.1 Å². The van der Waals surface area contributed by atoms with Crippen molar-refractivity contribution in [3.63, 3.8) is 0 Å². The Kier molecular flexibility index (Phi) is 4.48. The maximum Gasteiger partial charge on any atom is 0.266 e. The number of ether oxygens (including phenoxy) is 1. The van der Waals surface area contributed by atoms with Crippen LogP contribution in [-0.4, -0.2) is 29.9 Å². The van der Waals surface area contributed by atoms with Crippen molar-refractivity contribution in [1.29, 1.82) is 0 Å². The van der Waals surface area contributed by atoms with Crippen LogP contribution in [0.5, 0.6) is 11.5 Å². The number of benzene rings is 3. The van der Waals surface area contributed by atoms with E-state index in [1.54, 1.807) is 36.4 Å². The maximum absolute atomic E-state index is 12.9. The Bertz CT molecular complexity index is 1160. The van der Waals surface area contributed by atoms with Gasteiger partial charge in [-0.05, 0) is 42.5 Å². The smallest absolute Gasteiger partial charge is 0.266 e. The first-order valence-electron chi connectivity index (χ1n) is 8.75. The minimum Gasteiger partial charge on any atom is -0.508 e. The average Bonchev–Trinajstić information content (AvgIpc) is 2.98. The summed E-state index contributed by atoms with van der Waals surface area (Å²) in [4.78, 5) is 39.2. The van der Waals surface area contributed by atoms with Crippen molar-refractivity contribution in [1.82, 2.24) is 0 Å². The predicted octanol–water partition coefficient (Wildman–Crippen LogP) is 3.45. The lowest BCUT2D eigenvalue weighted by molar-refractivity contribution is 0.0925. The summed E-state index contributed by atoms with van der Waals surface area (Å²) >= 11 is 0. The highest BCUT2D eigenvalue weighted by Crippen LogP contribution is 2.31. The van der Waals surface area contributed by atoms with E-state index in [0.717, 1.165) is 4.90 Å². The molecule has 0 saturated heterocycles. The number of imide groups is 1. The van der Waals surface area contributed by atoms with Crippen molar-refractivity contribution in [3.8, 4) is 11.5 Å². The molecule has 0 saturated carbocycles. The minimum absolute atomic E-state index is 0.0199. The largest absolute Gasteiger partial charge is 0.508 e. The number of phenols is 1. The van der Waals surface area contributed by atoms with Crippen LogP contribution in [0.3, 0.4) is 0 Å². The zero-order valence-electron chi connectivity index (χ0n) is 15.4. The molecule has 0 aromatic heterocycles. The molecule has 144 valence electrons. The molecule has 1 aliphatic heterocycles. The molecule has 0 unspecified atom stereocenters. The molecule has 0 atom stereocenters. The summed E-state index contributed by atoms with van der Waals surface area (Å²) in [5, 5.41) is 12.2. The highest BCUT2D eigenvalue weighted by atomic mass is 16.5. The number of carbonyl (C=O) groups is 3. The van der Waals surface area contributed by atoms with E-state index in [-0.39, 0.29) is 22.4 Å². The van der Waals surface area contributed by atoms with Crippen LogP contribution in [0.1, 0.15) is 31.1 Å². The quantitative estimate of drug-likeness (QED) is 0.668. The highest BCUT2D eigenvalue weighted by molar-refractivity contribution is 6.34. The molecule has 1 heterocycles. The molecule has 7 heteroatoms. The SMILES string of the molecule is COc1cccc(N2C(=O)c3ccc(C(=O)Nc4cccc(O)c4)cc3C2=O)c1. The van der Waals surface area contributed by atoms with Crippen molar-refractivity contribution in [2.45, 2.75) is 0 Å². The van der Waals surface area contributed by atoms with Gasteiger partial charge in [0.1, 0.15) is 11.5 Å². The molecule has 1 aliphatic rings. The third kappa shape index (κ3) is 3.29. The second kappa shape index (κ2) is 7.12. The number of amides is 3. The number of nitrogens with one attached hydrogen (secondary N) is 1. The molecule has 3 amide bonds. The van der Waals surface area contributed by atoms with Crippen LogP contribution in [0.2, 0.25) is 0 Å². The van der Waals surface area contributed by atoms with Gasteiger partial charge in [0.15, 0.2) is 0 Å². The summed E-state index contributed by atoms with van der Waals surface area (Å²) < 4.78 is 5.16. The van der Waals surface area contributed by atoms with Gasteiger partial charge in [-0.15, -0.1) is 0 Å². The number of fused-ring (bicyclic) bond motifs is 1. The number of hydrogen-bond acceptors (Lipinski definition) is 5. The standard InChI is InChI=1S/C22H16N2O5/c1-29-17-7-3-5-15(12-17)24-21(27)18-9-8-13(10-19(18)22(24)28)20(26)23-14-4-2-6-16(25)11-14/h2-12,25H,1H3,(H,23,26). The van der Waals surface area contributed by atoms with Crippen molar-refractivity contribution >= 4 is 29.1 Å². The topological polar surface area (TPSA) is 95.9 Å². The number of phenolic OH excluding ortho intramolecular Hbond substituents is 1. The van der Waals surface area contributed by atoms with Gasteiger partial charge >= 0.3 is 0 Å². The Labute approximate surface area is 166 Å². The highest BCUT2D eigenvalue weighted by Gasteiger charge is 2.37. The molecule has 3 aromatic carbocycles. The Morgan fingerprint density at radius 3 is 2.45 bits per heavy atom. The van der Waals surface area contributed by atoms with E-state index in [9.17, 15) is 19.5 Å². The molecule has 0 spiro atoms. The molecule has 0 bridgehead atoms. The van der Waals surface area contributed by atoms with Crippen molar-refractivity contribution in [2.75, 3.05) is 17.3 Å². The Balaban J connectivity index is 1.63. The van der Waals surface area contributed by atoms with E-state index in [2.05, 4.69) is 5.32 Å². The second-order valence-electron chi connectivity index (χ2n) is 6.41. The molecule has 2 N–H and O–H groups in total. The van der Waals surface area contributed by atoms with Gasteiger partial charge in [0.05, 0.1) is 23.9 Å². The third-order valence-electron chi connectivity index (χ3n) is 4.56. The minimum atomic E-state index is -0.509. The van der Waals surface area contributed by atoms with Crippen LogP contribution in [-0.2, 0) is 0 Å². The number of nitrogens with zero attached hydrogens (tertiary/aromatic N) is 1. The van der Waals surface area contributed by atoms with Gasteiger partial charge < -0.3 is 15.2 Å². The van der Waals surface area contributed by atoms with Gasteiger partial charge in [0, 0.05) is 23.4 Å². The number of carbonyl (C=O) groups excluding carboxylic acids is 3. The van der Waals surface area contributed by atoms with Crippen LogP contribution in [0.15, 0.2) is 66.7 Å². The normalized spacial score (nSPS) is 12.7. The number of aromatic hydroxyl groups is 1. The Hall–Kier alpha value is -4.13. The van der Waals surface area contributed by atoms with E-state index in [4.69, 9.17) is 4.74 Å².